The zero-order chi connectivity index (χ0) is 14.0. The van der Waals surface area contributed by atoms with Gasteiger partial charge in [-0.15, -0.1) is 0 Å². The van der Waals surface area contributed by atoms with Crippen LogP contribution in [0, 0.1) is 5.92 Å². The minimum Gasteiger partial charge on any atom is -0.296 e. The van der Waals surface area contributed by atoms with Gasteiger partial charge < -0.3 is 0 Å². The fourth-order valence-corrected chi connectivity index (χ4v) is 2.68. The van der Waals surface area contributed by atoms with E-state index in [0.29, 0.717) is 6.54 Å². The van der Waals surface area contributed by atoms with Crippen LogP contribution < -0.4 is 0 Å². The van der Waals surface area contributed by atoms with Crippen LogP contribution in [0.15, 0.2) is 24.3 Å². The second-order valence-corrected chi connectivity index (χ2v) is 6.62. The summed E-state index contributed by atoms with van der Waals surface area (Å²) in [5.74, 6) is 0.179. The van der Waals surface area contributed by atoms with Crippen molar-refractivity contribution >= 4 is 0 Å². The first-order chi connectivity index (χ1) is 8.92. The van der Waals surface area contributed by atoms with E-state index in [1.807, 2.05) is 6.92 Å². The molecule has 2 unspecified atom stereocenters. The van der Waals surface area contributed by atoms with Gasteiger partial charge in [-0.25, -0.2) is 4.39 Å². The zero-order valence-corrected chi connectivity index (χ0v) is 12.6. The number of hydrogen-bond donors (Lipinski definition) is 0. The first-order valence-corrected chi connectivity index (χ1v) is 7.38. The topological polar surface area (TPSA) is 3.24 Å². The lowest BCUT2D eigenvalue weighted by molar-refractivity contribution is 0.274. The number of benzene rings is 1. The van der Waals surface area contributed by atoms with Gasteiger partial charge in [0.15, 0.2) is 0 Å². The third-order valence-corrected chi connectivity index (χ3v) is 4.62. The minimum atomic E-state index is -0.654. The molecule has 0 aromatic heterocycles. The standard InChI is InChI=1S/C17H26FN/c1-5-17(3,4)15-8-6-14(7-9-15)11-19-10-13(2)16(18)12-19/h6-9,13,16H,5,10-12H2,1-4H3. The Bertz CT molecular complexity index is 400. The van der Waals surface area contributed by atoms with Gasteiger partial charge >= 0.3 is 0 Å². The molecule has 106 valence electrons. The van der Waals surface area contributed by atoms with Crippen molar-refractivity contribution in [2.75, 3.05) is 13.1 Å². The second kappa shape index (κ2) is 5.62. The third kappa shape index (κ3) is 3.36. The largest absolute Gasteiger partial charge is 0.296 e. The van der Waals surface area contributed by atoms with Crippen molar-refractivity contribution in [2.45, 2.75) is 52.2 Å². The van der Waals surface area contributed by atoms with E-state index < -0.39 is 6.17 Å². The first-order valence-electron chi connectivity index (χ1n) is 7.38. The Morgan fingerprint density at radius 1 is 1.21 bits per heavy atom. The van der Waals surface area contributed by atoms with Gasteiger partial charge in [0.1, 0.15) is 6.17 Å². The Morgan fingerprint density at radius 2 is 1.84 bits per heavy atom. The molecule has 0 N–H and O–H groups in total. The van der Waals surface area contributed by atoms with Crippen LogP contribution in [0.5, 0.6) is 0 Å². The van der Waals surface area contributed by atoms with Crippen molar-refractivity contribution < 1.29 is 4.39 Å². The molecule has 2 atom stereocenters. The molecule has 1 aromatic rings. The summed E-state index contributed by atoms with van der Waals surface area (Å²) < 4.78 is 13.5. The van der Waals surface area contributed by atoms with E-state index in [0.717, 1.165) is 19.5 Å². The van der Waals surface area contributed by atoms with Crippen LogP contribution >= 0.6 is 0 Å². The van der Waals surface area contributed by atoms with E-state index in [1.54, 1.807) is 0 Å². The van der Waals surface area contributed by atoms with Crippen molar-refractivity contribution in [3.63, 3.8) is 0 Å². The number of hydrogen-bond acceptors (Lipinski definition) is 1. The Morgan fingerprint density at radius 3 is 2.32 bits per heavy atom. The predicted molar refractivity (Wildman–Crippen MR) is 79.1 cm³/mol. The van der Waals surface area contributed by atoms with Gasteiger partial charge in [-0.05, 0) is 23.0 Å². The highest BCUT2D eigenvalue weighted by molar-refractivity contribution is 5.28. The average Bonchev–Trinajstić information content (AvgIpc) is 2.69. The summed E-state index contributed by atoms with van der Waals surface area (Å²) in [6.45, 7) is 11.1. The maximum Gasteiger partial charge on any atom is 0.116 e. The van der Waals surface area contributed by atoms with Crippen LogP contribution in [-0.2, 0) is 12.0 Å². The smallest absolute Gasteiger partial charge is 0.116 e. The maximum atomic E-state index is 13.5. The molecule has 1 heterocycles. The molecule has 19 heavy (non-hydrogen) atoms. The SMILES string of the molecule is CCC(C)(C)c1ccc(CN2CC(C)C(F)C2)cc1. The molecule has 2 rings (SSSR count). The fraction of sp³-hybridized carbons (Fsp3) is 0.647. The van der Waals surface area contributed by atoms with Crippen molar-refractivity contribution in [2.24, 2.45) is 5.92 Å². The lowest BCUT2D eigenvalue weighted by Gasteiger charge is -2.24. The number of rotatable bonds is 4. The molecule has 0 amide bonds. The highest BCUT2D eigenvalue weighted by Crippen LogP contribution is 2.27. The van der Waals surface area contributed by atoms with Crippen LogP contribution in [0.4, 0.5) is 4.39 Å². The molecule has 2 heteroatoms. The van der Waals surface area contributed by atoms with E-state index in [-0.39, 0.29) is 11.3 Å². The average molecular weight is 263 g/mol. The molecule has 0 saturated carbocycles. The lowest BCUT2D eigenvalue weighted by atomic mass is 9.82. The highest BCUT2D eigenvalue weighted by Gasteiger charge is 2.29. The second-order valence-electron chi connectivity index (χ2n) is 6.62. The molecule has 1 nitrogen and oxygen atoms in total. The van der Waals surface area contributed by atoms with Gasteiger partial charge in [-0.3, -0.25) is 4.90 Å². The van der Waals surface area contributed by atoms with Crippen molar-refractivity contribution in [1.29, 1.82) is 0 Å². The Hall–Kier alpha value is -0.890. The molecule has 0 aliphatic carbocycles. The Kier molecular flexibility index (Phi) is 4.29. The molecule has 0 bridgehead atoms. The number of nitrogens with zero attached hydrogens (tertiary/aromatic N) is 1. The lowest BCUT2D eigenvalue weighted by Crippen LogP contribution is -2.21. The van der Waals surface area contributed by atoms with Crippen LogP contribution in [0.3, 0.4) is 0 Å². The summed E-state index contributed by atoms with van der Waals surface area (Å²) in [5, 5.41) is 0. The van der Waals surface area contributed by atoms with E-state index in [9.17, 15) is 4.39 Å². The molecular weight excluding hydrogens is 237 g/mol. The molecule has 1 aliphatic rings. The minimum absolute atomic E-state index is 0.179. The number of alkyl halides is 1. The third-order valence-electron chi connectivity index (χ3n) is 4.62. The van der Waals surface area contributed by atoms with Gasteiger partial charge in [-0.1, -0.05) is 52.0 Å². The number of likely N-dealkylation sites (tertiary alicyclic amines) is 1. The summed E-state index contributed by atoms with van der Waals surface area (Å²) in [7, 11) is 0. The normalized spacial score (nSPS) is 24.9. The van der Waals surface area contributed by atoms with Gasteiger partial charge in [0.05, 0.1) is 0 Å². The monoisotopic (exact) mass is 263 g/mol. The summed E-state index contributed by atoms with van der Waals surface area (Å²) in [6.07, 6.45) is 0.484. The van der Waals surface area contributed by atoms with E-state index in [4.69, 9.17) is 0 Å². The van der Waals surface area contributed by atoms with E-state index in [1.165, 1.54) is 11.1 Å². The summed E-state index contributed by atoms with van der Waals surface area (Å²) in [4.78, 5) is 2.22. The molecule has 1 fully saturated rings. The molecule has 0 spiro atoms. The van der Waals surface area contributed by atoms with Gasteiger partial charge in [0.2, 0.25) is 0 Å². The Balaban J connectivity index is 2.00. The van der Waals surface area contributed by atoms with Crippen LogP contribution in [0.1, 0.15) is 45.2 Å². The number of halogens is 1. The maximum absolute atomic E-state index is 13.5. The summed E-state index contributed by atoms with van der Waals surface area (Å²) in [5.41, 5.74) is 2.92. The Labute approximate surface area is 116 Å². The van der Waals surface area contributed by atoms with Crippen LogP contribution in [0.2, 0.25) is 0 Å². The van der Waals surface area contributed by atoms with Crippen LogP contribution in [0.25, 0.3) is 0 Å². The zero-order valence-electron chi connectivity index (χ0n) is 12.6. The molecule has 0 radical (unpaired) electrons. The first kappa shape index (κ1) is 14.5. The van der Waals surface area contributed by atoms with Gasteiger partial charge in [-0.2, -0.15) is 0 Å². The molecule has 1 aromatic carbocycles. The van der Waals surface area contributed by atoms with E-state index >= 15 is 0 Å². The molecule has 1 aliphatic heterocycles. The molecular formula is C17H26FN. The summed E-state index contributed by atoms with van der Waals surface area (Å²) >= 11 is 0. The predicted octanol–water partition coefficient (Wildman–Crippen LogP) is 4.16. The van der Waals surface area contributed by atoms with Gasteiger partial charge in [0.25, 0.3) is 0 Å². The van der Waals surface area contributed by atoms with Crippen molar-refractivity contribution in [1.82, 2.24) is 4.90 Å². The molecule has 1 saturated heterocycles. The van der Waals surface area contributed by atoms with Crippen molar-refractivity contribution in [3.05, 3.63) is 35.4 Å². The van der Waals surface area contributed by atoms with Crippen LogP contribution in [-0.4, -0.2) is 24.2 Å². The quantitative estimate of drug-likeness (QED) is 0.788. The summed E-state index contributed by atoms with van der Waals surface area (Å²) in [6, 6.07) is 8.85. The fourth-order valence-electron chi connectivity index (χ4n) is 2.68. The van der Waals surface area contributed by atoms with Crippen molar-refractivity contribution in [3.8, 4) is 0 Å². The highest BCUT2D eigenvalue weighted by atomic mass is 19.1. The van der Waals surface area contributed by atoms with Gasteiger partial charge in [0, 0.05) is 25.6 Å². The van der Waals surface area contributed by atoms with E-state index in [2.05, 4.69) is 49.9 Å².